The average Bonchev–Trinajstić information content (AvgIpc) is 2.98. The Hall–Kier alpha value is -2.63. The van der Waals surface area contributed by atoms with Crippen LogP contribution in [0.1, 0.15) is 48.1 Å². The van der Waals surface area contributed by atoms with Crippen LogP contribution < -0.4 is 5.32 Å². The van der Waals surface area contributed by atoms with Crippen LogP contribution in [0.4, 0.5) is 0 Å². The predicted molar refractivity (Wildman–Crippen MR) is 95.0 cm³/mol. The second kappa shape index (κ2) is 6.35. The number of carbonyl (C=O) groups excluding carboxylic acids is 2. The number of rotatable bonds is 2. The Morgan fingerprint density at radius 2 is 1.92 bits per heavy atom. The first-order chi connectivity index (χ1) is 11.7. The summed E-state index contributed by atoms with van der Waals surface area (Å²) in [5, 5.41) is 9.86. The van der Waals surface area contributed by atoms with Crippen LogP contribution in [-0.4, -0.2) is 38.5 Å². The third-order valence-corrected chi connectivity index (χ3v) is 4.24. The van der Waals surface area contributed by atoms with E-state index >= 15 is 0 Å². The summed E-state index contributed by atoms with van der Waals surface area (Å²) in [4.78, 5) is 27.4. The van der Waals surface area contributed by atoms with Crippen LogP contribution in [0.3, 0.4) is 0 Å². The Labute approximate surface area is 147 Å². The van der Waals surface area contributed by atoms with Crippen molar-refractivity contribution in [1.82, 2.24) is 20.4 Å². The van der Waals surface area contributed by atoms with Gasteiger partial charge in [-0.1, -0.05) is 24.3 Å². The smallest absolute Gasteiger partial charge is 0.275 e. The first-order valence-electron chi connectivity index (χ1n) is 8.46. The van der Waals surface area contributed by atoms with E-state index in [1.165, 1.54) is 0 Å². The lowest BCUT2D eigenvalue weighted by atomic mass is 9.92. The number of H-pyrrole nitrogens is 1. The summed E-state index contributed by atoms with van der Waals surface area (Å²) in [6, 6.07) is 9.11. The van der Waals surface area contributed by atoms with E-state index in [1.807, 2.05) is 52.0 Å². The molecule has 0 aliphatic carbocycles. The molecule has 1 atom stereocenters. The van der Waals surface area contributed by atoms with Gasteiger partial charge in [-0.15, -0.1) is 0 Å². The third-order valence-electron chi connectivity index (χ3n) is 4.24. The Morgan fingerprint density at radius 3 is 2.52 bits per heavy atom. The number of nitrogens with zero attached hydrogens (tertiary/aromatic N) is 2. The zero-order chi connectivity index (χ0) is 18.2. The molecule has 6 heteroatoms. The Kier molecular flexibility index (Phi) is 4.37. The van der Waals surface area contributed by atoms with Crippen LogP contribution in [0.2, 0.25) is 0 Å². The molecule has 1 aliphatic rings. The Morgan fingerprint density at radius 1 is 1.24 bits per heavy atom. The Balaban J connectivity index is 1.94. The Bertz CT molecular complexity index is 804. The average molecular weight is 340 g/mol. The standard InChI is InChI=1S/C19H24N4O2/c1-12-9-15(22-21-12)18(25)23-11-14-8-6-5-7-13(14)10-16(23)17(24)20-19(2,3)4/h5-9,16H,10-11H2,1-4H3,(H,20,24)(H,21,22). The highest BCUT2D eigenvalue weighted by Gasteiger charge is 2.36. The van der Waals surface area contributed by atoms with E-state index < -0.39 is 6.04 Å². The number of benzene rings is 1. The molecule has 0 bridgehead atoms. The number of hydrogen-bond donors (Lipinski definition) is 2. The van der Waals surface area contributed by atoms with Gasteiger partial charge in [0, 0.05) is 24.2 Å². The fourth-order valence-electron chi connectivity index (χ4n) is 3.10. The van der Waals surface area contributed by atoms with Gasteiger partial charge in [-0.2, -0.15) is 5.10 Å². The van der Waals surface area contributed by atoms with E-state index in [1.54, 1.807) is 11.0 Å². The molecule has 2 amide bonds. The molecule has 1 aromatic carbocycles. The minimum absolute atomic E-state index is 0.136. The monoisotopic (exact) mass is 340 g/mol. The molecule has 6 nitrogen and oxygen atoms in total. The lowest BCUT2D eigenvalue weighted by Gasteiger charge is -2.37. The van der Waals surface area contributed by atoms with Crippen LogP contribution in [-0.2, 0) is 17.8 Å². The van der Waals surface area contributed by atoms with Gasteiger partial charge in [-0.3, -0.25) is 14.7 Å². The van der Waals surface area contributed by atoms with Crippen LogP contribution in [0.25, 0.3) is 0 Å². The zero-order valence-electron chi connectivity index (χ0n) is 15.1. The van der Waals surface area contributed by atoms with E-state index in [4.69, 9.17) is 0 Å². The summed E-state index contributed by atoms with van der Waals surface area (Å²) >= 11 is 0. The fourth-order valence-corrected chi connectivity index (χ4v) is 3.10. The molecular formula is C19H24N4O2. The molecule has 0 saturated heterocycles. The summed E-state index contributed by atoms with van der Waals surface area (Å²) in [5.74, 6) is -0.365. The number of aromatic nitrogens is 2. The summed E-state index contributed by atoms with van der Waals surface area (Å²) in [7, 11) is 0. The maximum Gasteiger partial charge on any atom is 0.275 e. The van der Waals surface area contributed by atoms with Gasteiger partial charge in [0.2, 0.25) is 5.91 Å². The van der Waals surface area contributed by atoms with E-state index in [-0.39, 0.29) is 17.4 Å². The largest absolute Gasteiger partial charge is 0.350 e. The predicted octanol–water partition coefficient (Wildman–Crippen LogP) is 2.20. The first-order valence-corrected chi connectivity index (χ1v) is 8.46. The van der Waals surface area contributed by atoms with Crippen molar-refractivity contribution in [1.29, 1.82) is 0 Å². The lowest BCUT2D eigenvalue weighted by molar-refractivity contribution is -0.127. The van der Waals surface area contributed by atoms with Crippen LogP contribution in [0.15, 0.2) is 30.3 Å². The number of nitrogens with one attached hydrogen (secondary N) is 2. The fraction of sp³-hybridized carbons (Fsp3) is 0.421. The first kappa shape index (κ1) is 17.2. The van der Waals surface area contributed by atoms with Crippen molar-refractivity contribution in [3.63, 3.8) is 0 Å². The van der Waals surface area contributed by atoms with Gasteiger partial charge in [-0.25, -0.2) is 0 Å². The van der Waals surface area contributed by atoms with Gasteiger partial charge in [0.25, 0.3) is 5.91 Å². The number of carbonyl (C=O) groups is 2. The van der Waals surface area contributed by atoms with Crippen LogP contribution in [0.5, 0.6) is 0 Å². The molecule has 1 unspecified atom stereocenters. The van der Waals surface area contributed by atoms with E-state index in [0.717, 1.165) is 16.8 Å². The highest BCUT2D eigenvalue weighted by molar-refractivity contribution is 5.96. The number of amides is 2. The van der Waals surface area contributed by atoms with Crippen molar-refractivity contribution in [3.8, 4) is 0 Å². The second-order valence-electron chi connectivity index (χ2n) is 7.60. The molecule has 1 aliphatic heterocycles. The van der Waals surface area contributed by atoms with Crippen molar-refractivity contribution in [2.75, 3.05) is 0 Å². The highest BCUT2D eigenvalue weighted by atomic mass is 16.2. The molecule has 3 rings (SSSR count). The molecule has 0 saturated carbocycles. The summed E-state index contributed by atoms with van der Waals surface area (Å²) < 4.78 is 0. The SMILES string of the molecule is Cc1cc(C(=O)N2Cc3ccccc3CC2C(=O)NC(C)(C)C)n[nH]1. The van der Waals surface area contributed by atoms with Gasteiger partial charge in [-0.05, 0) is 44.9 Å². The van der Waals surface area contributed by atoms with Crippen molar-refractivity contribution < 1.29 is 9.59 Å². The van der Waals surface area contributed by atoms with Gasteiger partial charge in [0.1, 0.15) is 11.7 Å². The molecule has 2 N–H and O–H groups in total. The van der Waals surface area contributed by atoms with Gasteiger partial charge >= 0.3 is 0 Å². The van der Waals surface area contributed by atoms with Crippen molar-refractivity contribution in [2.45, 2.75) is 52.2 Å². The minimum Gasteiger partial charge on any atom is -0.350 e. The molecule has 132 valence electrons. The van der Waals surface area contributed by atoms with Crippen molar-refractivity contribution in [2.24, 2.45) is 0 Å². The van der Waals surface area contributed by atoms with Gasteiger partial charge < -0.3 is 10.2 Å². The summed E-state index contributed by atoms with van der Waals surface area (Å²) in [6.45, 7) is 8.06. The summed E-state index contributed by atoms with van der Waals surface area (Å²) in [5.41, 5.74) is 2.98. The number of aromatic amines is 1. The minimum atomic E-state index is -0.543. The number of aryl methyl sites for hydroxylation is 1. The molecule has 2 heterocycles. The van der Waals surface area contributed by atoms with E-state index in [9.17, 15) is 9.59 Å². The molecule has 0 spiro atoms. The van der Waals surface area contributed by atoms with E-state index in [2.05, 4.69) is 15.5 Å². The highest BCUT2D eigenvalue weighted by Crippen LogP contribution is 2.25. The summed E-state index contributed by atoms with van der Waals surface area (Å²) in [6.07, 6.45) is 0.507. The molecule has 2 aromatic rings. The molecule has 1 aromatic heterocycles. The molecular weight excluding hydrogens is 316 g/mol. The van der Waals surface area contributed by atoms with Crippen LogP contribution in [0, 0.1) is 6.92 Å². The van der Waals surface area contributed by atoms with E-state index in [0.29, 0.717) is 18.7 Å². The maximum absolute atomic E-state index is 13.0. The van der Waals surface area contributed by atoms with Gasteiger partial charge in [0.15, 0.2) is 0 Å². The van der Waals surface area contributed by atoms with Crippen molar-refractivity contribution in [3.05, 3.63) is 52.8 Å². The molecule has 25 heavy (non-hydrogen) atoms. The quantitative estimate of drug-likeness (QED) is 0.880. The van der Waals surface area contributed by atoms with Crippen molar-refractivity contribution >= 4 is 11.8 Å². The molecule has 0 fully saturated rings. The van der Waals surface area contributed by atoms with Gasteiger partial charge in [0.05, 0.1) is 0 Å². The third kappa shape index (κ3) is 3.73. The zero-order valence-corrected chi connectivity index (χ0v) is 15.1. The lowest BCUT2D eigenvalue weighted by Crippen LogP contribution is -2.56. The number of hydrogen-bond acceptors (Lipinski definition) is 3. The van der Waals surface area contributed by atoms with Crippen LogP contribution >= 0.6 is 0 Å². The second-order valence-corrected chi connectivity index (χ2v) is 7.60. The normalized spacial score (nSPS) is 17.1. The molecule has 0 radical (unpaired) electrons. The number of fused-ring (bicyclic) bond motifs is 1. The maximum atomic E-state index is 13.0. The topological polar surface area (TPSA) is 78.1 Å².